The lowest BCUT2D eigenvalue weighted by molar-refractivity contribution is -0.0858. The van der Waals surface area contributed by atoms with Gasteiger partial charge in [-0.15, -0.1) is 0 Å². The molecule has 1 aliphatic rings. The van der Waals surface area contributed by atoms with Crippen LogP contribution in [-0.2, 0) is 10.3 Å². The summed E-state index contributed by atoms with van der Waals surface area (Å²) < 4.78 is 10.0. The Morgan fingerprint density at radius 2 is 2.33 bits per heavy atom. The number of aromatic nitrogens is 2. The molecule has 4 nitrogen and oxygen atoms in total. The third kappa shape index (κ3) is 1.03. The third-order valence-corrected chi connectivity index (χ3v) is 2.51. The summed E-state index contributed by atoms with van der Waals surface area (Å²) in [6.45, 7) is 0. The lowest BCUT2D eigenvalue weighted by Gasteiger charge is -2.37. The molecule has 1 fully saturated rings. The van der Waals surface area contributed by atoms with Gasteiger partial charge in [0.2, 0.25) is 5.82 Å². The lowest BCUT2D eigenvalue weighted by atomic mass is 9.79. The standard InChI is InChI=1S/C7H9ClN2O2/c1-11-7(3-2-4-7)5-9-6(8)12-10-5/h2-4H2,1H3. The van der Waals surface area contributed by atoms with Crippen molar-refractivity contribution in [2.24, 2.45) is 0 Å². The summed E-state index contributed by atoms with van der Waals surface area (Å²) in [5, 5.41) is 3.81. The average molecular weight is 189 g/mol. The molecule has 0 bridgehead atoms. The van der Waals surface area contributed by atoms with Gasteiger partial charge in [0, 0.05) is 7.11 Å². The number of hydrogen-bond acceptors (Lipinski definition) is 4. The van der Waals surface area contributed by atoms with Crippen LogP contribution in [-0.4, -0.2) is 17.3 Å². The van der Waals surface area contributed by atoms with Gasteiger partial charge in [0.25, 0.3) is 0 Å². The highest BCUT2D eigenvalue weighted by molar-refractivity contribution is 6.27. The summed E-state index contributed by atoms with van der Waals surface area (Å²) in [6.07, 6.45) is 3.03. The van der Waals surface area contributed by atoms with Crippen molar-refractivity contribution in [3.8, 4) is 0 Å². The Kier molecular flexibility index (Phi) is 1.81. The molecular formula is C7H9ClN2O2. The second-order valence-corrected chi connectivity index (χ2v) is 3.25. The Morgan fingerprint density at radius 3 is 2.67 bits per heavy atom. The minimum atomic E-state index is -0.323. The van der Waals surface area contributed by atoms with Gasteiger partial charge in [0.15, 0.2) is 0 Å². The van der Waals surface area contributed by atoms with Gasteiger partial charge in [0.05, 0.1) is 0 Å². The molecule has 1 saturated carbocycles. The maximum atomic E-state index is 5.51. The number of rotatable bonds is 2. The number of hydrogen-bond donors (Lipinski definition) is 0. The fraction of sp³-hybridized carbons (Fsp3) is 0.714. The van der Waals surface area contributed by atoms with Crippen molar-refractivity contribution in [3.05, 3.63) is 11.2 Å². The molecule has 0 radical (unpaired) electrons. The van der Waals surface area contributed by atoms with E-state index in [0.717, 1.165) is 19.3 Å². The Balaban J connectivity index is 2.27. The van der Waals surface area contributed by atoms with Gasteiger partial charge in [-0.1, -0.05) is 5.16 Å². The van der Waals surface area contributed by atoms with E-state index >= 15 is 0 Å². The molecule has 0 unspecified atom stereocenters. The molecule has 0 atom stereocenters. The molecular weight excluding hydrogens is 180 g/mol. The topological polar surface area (TPSA) is 48.2 Å². The van der Waals surface area contributed by atoms with Gasteiger partial charge in [-0.05, 0) is 30.9 Å². The van der Waals surface area contributed by atoms with Crippen LogP contribution in [0.5, 0.6) is 0 Å². The summed E-state index contributed by atoms with van der Waals surface area (Å²) in [5.74, 6) is 0.571. The molecule has 5 heteroatoms. The van der Waals surface area contributed by atoms with Crippen molar-refractivity contribution in [1.82, 2.24) is 10.1 Å². The largest absolute Gasteiger partial charge is 0.370 e. The average Bonchev–Trinajstić information content (AvgIpc) is 2.35. The van der Waals surface area contributed by atoms with Gasteiger partial charge < -0.3 is 9.26 Å². The fourth-order valence-corrected chi connectivity index (χ4v) is 1.52. The highest BCUT2D eigenvalue weighted by Crippen LogP contribution is 2.42. The predicted octanol–water partition coefficient (Wildman–Crippen LogP) is 1.75. The Morgan fingerprint density at radius 1 is 1.58 bits per heavy atom. The highest BCUT2D eigenvalue weighted by Gasteiger charge is 2.43. The second-order valence-electron chi connectivity index (χ2n) is 2.92. The summed E-state index contributed by atoms with van der Waals surface area (Å²) >= 11 is 5.51. The minimum Gasteiger partial charge on any atom is -0.370 e. The molecule has 12 heavy (non-hydrogen) atoms. The van der Waals surface area contributed by atoms with Crippen LogP contribution in [0.2, 0.25) is 5.35 Å². The van der Waals surface area contributed by atoms with Crippen LogP contribution in [0.4, 0.5) is 0 Å². The van der Waals surface area contributed by atoms with E-state index < -0.39 is 0 Å². The zero-order valence-electron chi connectivity index (χ0n) is 6.71. The van der Waals surface area contributed by atoms with E-state index in [4.69, 9.17) is 16.3 Å². The van der Waals surface area contributed by atoms with E-state index in [-0.39, 0.29) is 11.0 Å². The number of ether oxygens (including phenoxy) is 1. The Hall–Kier alpha value is -0.610. The maximum Gasteiger partial charge on any atom is 0.320 e. The van der Waals surface area contributed by atoms with Crippen LogP contribution in [0.15, 0.2) is 4.52 Å². The van der Waals surface area contributed by atoms with Gasteiger partial charge in [0.1, 0.15) is 5.60 Å². The molecule has 1 aliphatic carbocycles. The van der Waals surface area contributed by atoms with E-state index in [2.05, 4.69) is 14.7 Å². The van der Waals surface area contributed by atoms with Crippen LogP contribution in [0, 0.1) is 0 Å². The first-order valence-electron chi connectivity index (χ1n) is 3.82. The molecule has 66 valence electrons. The molecule has 2 rings (SSSR count). The first-order valence-corrected chi connectivity index (χ1v) is 4.19. The summed E-state index contributed by atoms with van der Waals surface area (Å²) in [5.41, 5.74) is -0.323. The van der Waals surface area contributed by atoms with E-state index in [1.165, 1.54) is 0 Å². The Labute approximate surface area is 74.9 Å². The molecule has 1 heterocycles. The number of halogens is 1. The fourth-order valence-electron chi connectivity index (χ4n) is 1.41. The SMILES string of the molecule is COC1(c2noc(Cl)n2)CCC1. The van der Waals surface area contributed by atoms with Crippen molar-refractivity contribution < 1.29 is 9.26 Å². The van der Waals surface area contributed by atoms with Crippen LogP contribution >= 0.6 is 11.6 Å². The van der Waals surface area contributed by atoms with E-state index in [1.54, 1.807) is 7.11 Å². The normalized spacial score (nSPS) is 20.5. The Bertz CT molecular complexity index is 277. The van der Waals surface area contributed by atoms with Gasteiger partial charge in [-0.2, -0.15) is 4.98 Å². The zero-order valence-corrected chi connectivity index (χ0v) is 7.47. The zero-order chi connectivity index (χ0) is 8.60. The quantitative estimate of drug-likeness (QED) is 0.710. The van der Waals surface area contributed by atoms with Crippen molar-refractivity contribution in [2.75, 3.05) is 7.11 Å². The van der Waals surface area contributed by atoms with Crippen LogP contribution < -0.4 is 0 Å². The van der Waals surface area contributed by atoms with Crippen molar-refractivity contribution in [2.45, 2.75) is 24.9 Å². The molecule has 0 amide bonds. The smallest absolute Gasteiger partial charge is 0.320 e. The van der Waals surface area contributed by atoms with Crippen LogP contribution in [0.25, 0.3) is 0 Å². The van der Waals surface area contributed by atoms with Gasteiger partial charge in [-0.25, -0.2) is 0 Å². The summed E-state index contributed by atoms with van der Waals surface area (Å²) in [6, 6.07) is 0. The molecule has 1 aromatic heterocycles. The molecule has 1 aromatic rings. The molecule has 0 spiro atoms. The van der Waals surface area contributed by atoms with E-state index in [1.807, 2.05) is 0 Å². The molecule has 0 aliphatic heterocycles. The lowest BCUT2D eigenvalue weighted by Crippen LogP contribution is -2.37. The summed E-state index contributed by atoms with van der Waals surface area (Å²) in [4.78, 5) is 3.94. The second kappa shape index (κ2) is 2.71. The van der Waals surface area contributed by atoms with Crippen molar-refractivity contribution in [3.63, 3.8) is 0 Å². The van der Waals surface area contributed by atoms with Crippen molar-refractivity contribution >= 4 is 11.6 Å². The molecule has 0 saturated heterocycles. The highest BCUT2D eigenvalue weighted by atomic mass is 35.5. The first-order chi connectivity index (χ1) is 5.77. The third-order valence-electron chi connectivity index (χ3n) is 2.36. The molecule has 0 N–H and O–H groups in total. The summed E-state index contributed by atoms with van der Waals surface area (Å²) in [7, 11) is 1.66. The number of nitrogens with zero attached hydrogens (tertiary/aromatic N) is 2. The van der Waals surface area contributed by atoms with E-state index in [0.29, 0.717) is 5.82 Å². The van der Waals surface area contributed by atoms with Crippen molar-refractivity contribution in [1.29, 1.82) is 0 Å². The minimum absolute atomic E-state index is 0.0772. The predicted molar refractivity (Wildman–Crippen MR) is 41.8 cm³/mol. The van der Waals surface area contributed by atoms with Crippen LogP contribution in [0.3, 0.4) is 0 Å². The maximum absolute atomic E-state index is 5.51. The monoisotopic (exact) mass is 188 g/mol. The number of methoxy groups -OCH3 is 1. The van der Waals surface area contributed by atoms with Crippen LogP contribution in [0.1, 0.15) is 25.1 Å². The molecule has 0 aromatic carbocycles. The van der Waals surface area contributed by atoms with Gasteiger partial charge in [-0.3, -0.25) is 0 Å². The first kappa shape index (κ1) is 8.01. The van der Waals surface area contributed by atoms with E-state index in [9.17, 15) is 0 Å². The van der Waals surface area contributed by atoms with Gasteiger partial charge >= 0.3 is 5.35 Å².